The molecule has 3 saturated heterocycles. The maximum atomic E-state index is 13.6. The Kier molecular flexibility index (Phi) is 6.56. The van der Waals surface area contributed by atoms with Crippen LogP contribution in [0.1, 0.15) is 52.4 Å². The molecule has 2 saturated carbocycles. The number of rotatable bonds is 7. The number of urea groups is 1. The molecule has 7 atom stereocenters. The number of imide groups is 1. The first-order chi connectivity index (χ1) is 16.6. The van der Waals surface area contributed by atoms with Crippen LogP contribution in [0.3, 0.4) is 0 Å². The van der Waals surface area contributed by atoms with Crippen LogP contribution in [0.15, 0.2) is 0 Å². The molecular formula is C22H34N6O6S. The summed E-state index contributed by atoms with van der Waals surface area (Å²) in [6, 6.07) is 1.47. The predicted octanol–water partition coefficient (Wildman–Crippen LogP) is -0.220. The molecule has 2 aliphatic carbocycles. The Hall–Kier alpha value is -1.82. The highest BCUT2D eigenvalue weighted by atomic mass is 32.2. The summed E-state index contributed by atoms with van der Waals surface area (Å²) < 4.78 is 34.6. The molecule has 0 aromatic carbocycles. The van der Waals surface area contributed by atoms with Gasteiger partial charge in [-0.1, -0.05) is 0 Å². The third-order valence-corrected chi connectivity index (χ3v) is 9.82. The second kappa shape index (κ2) is 9.24. The lowest BCUT2D eigenvalue weighted by molar-refractivity contribution is -0.143. The van der Waals surface area contributed by atoms with E-state index in [9.17, 15) is 23.3 Å². The van der Waals surface area contributed by atoms with Crippen LogP contribution >= 0.6 is 0 Å². The maximum Gasteiger partial charge on any atom is 0.327 e. The van der Waals surface area contributed by atoms with E-state index in [2.05, 4.69) is 21.6 Å². The molecule has 13 heteroatoms. The first-order valence-electron chi connectivity index (χ1n) is 12.5. The number of nitrogens with zero attached hydrogens (tertiary/aromatic N) is 3. The van der Waals surface area contributed by atoms with Crippen LogP contribution < -0.4 is 15.5 Å². The van der Waals surface area contributed by atoms with E-state index in [0.29, 0.717) is 38.8 Å². The SMILES string of the molecule is CC1CC(CN2C(=O)N(CC3CNC(C)O3)C(=O)C3CC(S(=O)(=O)NC4(C#N)CC4)CCC32)ON1. The lowest BCUT2D eigenvalue weighted by Crippen LogP contribution is -2.66. The molecule has 0 aromatic rings. The van der Waals surface area contributed by atoms with Crippen molar-refractivity contribution in [3.8, 4) is 6.07 Å². The van der Waals surface area contributed by atoms with E-state index in [1.54, 1.807) is 4.90 Å². The van der Waals surface area contributed by atoms with Gasteiger partial charge in [0.15, 0.2) is 0 Å². The minimum atomic E-state index is -3.79. The molecule has 5 rings (SSSR count). The monoisotopic (exact) mass is 510 g/mol. The number of sulfonamides is 1. The van der Waals surface area contributed by atoms with Crippen molar-refractivity contribution in [3.05, 3.63) is 0 Å². The van der Waals surface area contributed by atoms with Gasteiger partial charge in [0.05, 0.1) is 42.5 Å². The summed E-state index contributed by atoms with van der Waals surface area (Å²) in [5.74, 6) is -0.988. The summed E-state index contributed by atoms with van der Waals surface area (Å²) in [6.45, 7) is 4.83. The van der Waals surface area contributed by atoms with E-state index in [-0.39, 0.29) is 55.4 Å². The van der Waals surface area contributed by atoms with Crippen molar-refractivity contribution in [1.82, 2.24) is 25.3 Å². The molecule has 3 heterocycles. The van der Waals surface area contributed by atoms with E-state index in [1.165, 1.54) is 4.90 Å². The molecule has 0 spiro atoms. The fraction of sp³-hybridized carbons (Fsp3) is 0.864. The molecule has 0 radical (unpaired) electrons. The van der Waals surface area contributed by atoms with Gasteiger partial charge in [0, 0.05) is 18.6 Å². The number of carbonyl (C=O) groups is 2. The van der Waals surface area contributed by atoms with Gasteiger partial charge in [0.25, 0.3) is 0 Å². The van der Waals surface area contributed by atoms with Crippen molar-refractivity contribution in [2.75, 3.05) is 19.6 Å². The molecule has 12 nitrogen and oxygen atoms in total. The zero-order valence-corrected chi connectivity index (χ0v) is 20.9. The van der Waals surface area contributed by atoms with Crippen molar-refractivity contribution in [2.45, 2.75) is 93.7 Å². The average molecular weight is 511 g/mol. The number of fused-ring (bicyclic) bond motifs is 1. The molecule has 5 aliphatic rings. The zero-order valence-electron chi connectivity index (χ0n) is 20.1. The van der Waals surface area contributed by atoms with Crippen LogP contribution in [0.25, 0.3) is 0 Å². The van der Waals surface area contributed by atoms with E-state index in [4.69, 9.17) is 9.57 Å². The third-order valence-electron chi connectivity index (χ3n) is 7.83. The molecule has 35 heavy (non-hydrogen) atoms. The second-order valence-electron chi connectivity index (χ2n) is 10.6. The average Bonchev–Trinajstić information content (AvgIpc) is 3.26. The zero-order chi connectivity index (χ0) is 25.0. The smallest absolute Gasteiger partial charge is 0.327 e. The topological polar surface area (TPSA) is 153 Å². The number of amides is 3. The summed E-state index contributed by atoms with van der Waals surface area (Å²) in [7, 11) is -3.79. The van der Waals surface area contributed by atoms with Crippen molar-refractivity contribution in [1.29, 1.82) is 5.26 Å². The van der Waals surface area contributed by atoms with Gasteiger partial charge < -0.3 is 9.64 Å². The molecule has 3 aliphatic heterocycles. The fourth-order valence-corrected chi connectivity index (χ4v) is 7.62. The molecule has 0 bridgehead atoms. The number of carbonyl (C=O) groups excluding carboxylic acids is 2. The fourth-order valence-electron chi connectivity index (χ4n) is 5.75. The van der Waals surface area contributed by atoms with E-state index in [1.807, 2.05) is 13.8 Å². The molecular weight excluding hydrogens is 476 g/mol. The van der Waals surface area contributed by atoms with E-state index < -0.39 is 26.7 Å². The minimum absolute atomic E-state index is 0.112. The largest absolute Gasteiger partial charge is 0.357 e. The first-order valence-corrected chi connectivity index (χ1v) is 14.0. The number of hydroxylamine groups is 1. The summed E-state index contributed by atoms with van der Waals surface area (Å²) in [5.41, 5.74) is 1.92. The van der Waals surface area contributed by atoms with Crippen LogP contribution in [0.4, 0.5) is 4.79 Å². The molecule has 194 valence electrons. The minimum Gasteiger partial charge on any atom is -0.357 e. The van der Waals surface area contributed by atoms with Crippen molar-refractivity contribution in [3.63, 3.8) is 0 Å². The molecule has 3 N–H and O–H groups in total. The van der Waals surface area contributed by atoms with Crippen molar-refractivity contribution in [2.24, 2.45) is 5.92 Å². The Morgan fingerprint density at radius 2 is 1.94 bits per heavy atom. The van der Waals surface area contributed by atoms with Gasteiger partial charge in [-0.25, -0.2) is 13.2 Å². The molecule has 5 fully saturated rings. The Labute approximate surface area is 205 Å². The van der Waals surface area contributed by atoms with E-state index in [0.717, 1.165) is 6.42 Å². The Balaban J connectivity index is 1.36. The van der Waals surface area contributed by atoms with Gasteiger partial charge in [-0.3, -0.25) is 19.8 Å². The van der Waals surface area contributed by atoms with E-state index >= 15 is 0 Å². The summed E-state index contributed by atoms with van der Waals surface area (Å²) >= 11 is 0. The first kappa shape index (κ1) is 24.9. The highest BCUT2D eigenvalue weighted by Crippen LogP contribution is 2.40. The summed E-state index contributed by atoms with van der Waals surface area (Å²) in [5, 5.41) is 11.7. The summed E-state index contributed by atoms with van der Waals surface area (Å²) in [4.78, 5) is 35.7. The Morgan fingerprint density at radius 1 is 1.17 bits per heavy atom. The van der Waals surface area contributed by atoms with Gasteiger partial charge in [-0.15, -0.1) is 0 Å². The standard InChI is InChI=1S/C22H34N6O6S/c1-13-7-15(34-25-13)10-27-19-4-3-17(35(31,32)26-22(12-23)5-6-22)8-18(19)20(29)28(21(27)30)11-16-9-24-14(2)33-16/h13-19,24-26H,3-11H2,1-2H3. The Morgan fingerprint density at radius 3 is 2.54 bits per heavy atom. The maximum absolute atomic E-state index is 13.6. The number of hydrogen-bond donors (Lipinski definition) is 3. The van der Waals surface area contributed by atoms with Gasteiger partial charge in [-0.05, 0) is 52.4 Å². The number of ether oxygens (including phenoxy) is 1. The number of nitriles is 1. The quantitative estimate of drug-likeness (QED) is 0.422. The van der Waals surface area contributed by atoms with Gasteiger partial charge in [0.2, 0.25) is 15.9 Å². The van der Waals surface area contributed by atoms with Crippen LogP contribution in [0.2, 0.25) is 0 Å². The predicted molar refractivity (Wildman–Crippen MR) is 123 cm³/mol. The second-order valence-corrected chi connectivity index (χ2v) is 12.6. The highest BCUT2D eigenvalue weighted by Gasteiger charge is 2.54. The lowest BCUT2D eigenvalue weighted by Gasteiger charge is -2.48. The van der Waals surface area contributed by atoms with Gasteiger partial charge in [0.1, 0.15) is 11.8 Å². The highest BCUT2D eigenvalue weighted by molar-refractivity contribution is 7.90. The number of hydrogen-bond acceptors (Lipinski definition) is 9. The van der Waals surface area contributed by atoms with Gasteiger partial charge >= 0.3 is 6.03 Å². The molecule has 0 aromatic heterocycles. The lowest BCUT2D eigenvalue weighted by atomic mass is 9.80. The normalized spacial score (nSPS) is 38.9. The molecule has 7 unspecified atom stereocenters. The van der Waals surface area contributed by atoms with Crippen LogP contribution in [0, 0.1) is 17.2 Å². The van der Waals surface area contributed by atoms with Crippen LogP contribution in [-0.4, -0.2) is 91.1 Å². The Bertz CT molecular complexity index is 1010. The number of nitrogens with one attached hydrogen (secondary N) is 3. The van der Waals surface area contributed by atoms with Gasteiger partial charge in [-0.2, -0.15) is 15.5 Å². The van der Waals surface area contributed by atoms with Crippen LogP contribution in [-0.2, 0) is 24.4 Å². The molecule has 3 amide bonds. The van der Waals surface area contributed by atoms with Crippen LogP contribution in [0.5, 0.6) is 0 Å². The summed E-state index contributed by atoms with van der Waals surface area (Å²) in [6.07, 6.45) is 1.87. The third kappa shape index (κ3) is 4.92. The van der Waals surface area contributed by atoms with Crippen molar-refractivity contribution < 1.29 is 27.6 Å². The van der Waals surface area contributed by atoms with Crippen molar-refractivity contribution >= 4 is 22.0 Å².